The van der Waals surface area contributed by atoms with E-state index >= 15 is 0 Å². The quantitative estimate of drug-likeness (QED) is 0.648. The predicted molar refractivity (Wildman–Crippen MR) is 68.9 cm³/mol. The van der Waals surface area contributed by atoms with E-state index in [-0.39, 0.29) is 24.9 Å². The van der Waals surface area contributed by atoms with Crippen molar-refractivity contribution in [1.29, 1.82) is 0 Å². The van der Waals surface area contributed by atoms with Gasteiger partial charge >= 0.3 is 11.9 Å². The van der Waals surface area contributed by atoms with Crippen molar-refractivity contribution in [3.05, 3.63) is 0 Å². The SMILES string of the molecule is CCOC(=O)C[C@H](C)[C@H](NC(=O)[C@H]1CCOC1)C(=O)O. The minimum absolute atomic E-state index is 0.0494. The maximum absolute atomic E-state index is 11.9. The number of carboxylic acids is 1. The number of esters is 1. The van der Waals surface area contributed by atoms with Crippen LogP contribution in [0.25, 0.3) is 0 Å². The molecule has 1 aliphatic rings. The first-order valence-corrected chi connectivity index (χ1v) is 6.72. The highest BCUT2D eigenvalue weighted by atomic mass is 16.5. The molecule has 0 unspecified atom stereocenters. The second-order valence-electron chi connectivity index (χ2n) is 4.87. The van der Waals surface area contributed by atoms with Crippen molar-refractivity contribution in [2.45, 2.75) is 32.7 Å². The average Bonchev–Trinajstić information content (AvgIpc) is 2.89. The van der Waals surface area contributed by atoms with Crippen LogP contribution in [0.5, 0.6) is 0 Å². The lowest BCUT2D eigenvalue weighted by Gasteiger charge is -2.22. The molecule has 1 rings (SSSR count). The summed E-state index contributed by atoms with van der Waals surface area (Å²) in [6.45, 7) is 4.34. The van der Waals surface area contributed by atoms with Gasteiger partial charge in [0.15, 0.2) is 0 Å². The van der Waals surface area contributed by atoms with Crippen molar-refractivity contribution >= 4 is 17.8 Å². The highest BCUT2D eigenvalue weighted by molar-refractivity contribution is 5.85. The minimum atomic E-state index is -1.16. The maximum Gasteiger partial charge on any atom is 0.326 e. The van der Waals surface area contributed by atoms with Crippen molar-refractivity contribution in [1.82, 2.24) is 5.32 Å². The summed E-state index contributed by atoms with van der Waals surface area (Å²) in [5.41, 5.74) is 0. The molecule has 0 aromatic carbocycles. The average molecular weight is 287 g/mol. The molecule has 7 heteroatoms. The molecule has 1 heterocycles. The van der Waals surface area contributed by atoms with E-state index in [9.17, 15) is 19.5 Å². The molecule has 1 amide bonds. The van der Waals surface area contributed by atoms with Gasteiger partial charge in [-0.25, -0.2) is 4.79 Å². The second-order valence-corrected chi connectivity index (χ2v) is 4.87. The van der Waals surface area contributed by atoms with E-state index in [1.807, 2.05) is 0 Å². The standard InChI is InChI=1S/C13H21NO6/c1-3-20-10(15)6-8(2)11(13(17)18)14-12(16)9-4-5-19-7-9/h8-9,11H,3-7H2,1-2H3,(H,14,16)(H,17,18)/t8-,9-,11-/m0/s1. The zero-order chi connectivity index (χ0) is 15.1. The van der Waals surface area contributed by atoms with Gasteiger partial charge < -0.3 is 19.9 Å². The fourth-order valence-electron chi connectivity index (χ4n) is 2.06. The second kappa shape index (κ2) is 7.84. The molecule has 0 aromatic heterocycles. The topological polar surface area (TPSA) is 102 Å². The molecule has 20 heavy (non-hydrogen) atoms. The van der Waals surface area contributed by atoms with E-state index in [4.69, 9.17) is 9.47 Å². The highest BCUT2D eigenvalue weighted by Gasteiger charge is 2.32. The lowest BCUT2D eigenvalue weighted by Crippen LogP contribution is -2.48. The molecule has 0 spiro atoms. The van der Waals surface area contributed by atoms with Crippen LogP contribution in [0.1, 0.15) is 26.7 Å². The van der Waals surface area contributed by atoms with Crippen LogP contribution in [0.4, 0.5) is 0 Å². The summed E-state index contributed by atoms with van der Waals surface area (Å²) in [5, 5.41) is 11.7. The smallest absolute Gasteiger partial charge is 0.326 e. The Morgan fingerprint density at radius 2 is 2.15 bits per heavy atom. The van der Waals surface area contributed by atoms with Crippen molar-refractivity contribution in [3.8, 4) is 0 Å². The molecule has 0 saturated carbocycles. The number of carboxylic acid groups (broad SMARTS) is 1. The highest BCUT2D eigenvalue weighted by Crippen LogP contribution is 2.15. The van der Waals surface area contributed by atoms with E-state index in [0.717, 1.165) is 0 Å². The molecule has 7 nitrogen and oxygen atoms in total. The van der Waals surface area contributed by atoms with Gasteiger partial charge in [-0.05, 0) is 19.3 Å². The van der Waals surface area contributed by atoms with Crippen LogP contribution >= 0.6 is 0 Å². The van der Waals surface area contributed by atoms with Gasteiger partial charge in [0.2, 0.25) is 5.91 Å². The summed E-state index contributed by atoms with van der Waals surface area (Å²) in [7, 11) is 0. The van der Waals surface area contributed by atoms with Crippen molar-refractivity contribution in [2.24, 2.45) is 11.8 Å². The number of nitrogens with one attached hydrogen (secondary N) is 1. The molecule has 0 aliphatic carbocycles. The van der Waals surface area contributed by atoms with Crippen LogP contribution in [-0.2, 0) is 23.9 Å². The van der Waals surface area contributed by atoms with Crippen LogP contribution in [0.2, 0.25) is 0 Å². The minimum Gasteiger partial charge on any atom is -0.480 e. The van der Waals surface area contributed by atoms with Gasteiger partial charge in [0.25, 0.3) is 0 Å². The third kappa shape index (κ3) is 4.80. The Balaban J connectivity index is 2.56. The van der Waals surface area contributed by atoms with Crippen molar-refractivity contribution in [2.75, 3.05) is 19.8 Å². The van der Waals surface area contributed by atoms with Crippen LogP contribution < -0.4 is 5.32 Å². The molecule has 2 N–H and O–H groups in total. The van der Waals surface area contributed by atoms with Crippen molar-refractivity contribution in [3.63, 3.8) is 0 Å². The number of aliphatic carboxylic acids is 1. The van der Waals surface area contributed by atoms with E-state index in [1.54, 1.807) is 13.8 Å². The first-order chi connectivity index (χ1) is 9.45. The summed E-state index contributed by atoms with van der Waals surface area (Å²) >= 11 is 0. The lowest BCUT2D eigenvalue weighted by molar-refractivity contribution is -0.147. The van der Waals surface area contributed by atoms with E-state index < -0.39 is 23.9 Å². The molecule has 0 aromatic rings. The Morgan fingerprint density at radius 1 is 1.45 bits per heavy atom. The molecule has 0 bridgehead atoms. The molecular formula is C13H21NO6. The molecule has 0 radical (unpaired) electrons. The third-order valence-corrected chi connectivity index (χ3v) is 3.23. The number of hydrogen-bond acceptors (Lipinski definition) is 5. The zero-order valence-electron chi connectivity index (χ0n) is 11.8. The number of hydrogen-bond donors (Lipinski definition) is 2. The van der Waals surface area contributed by atoms with E-state index in [0.29, 0.717) is 19.6 Å². The van der Waals surface area contributed by atoms with Gasteiger partial charge in [-0.1, -0.05) is 6.92 Å². The van der Waals surface area contributed by atoms with Crippen molar-refractivity contribution < 1.29 is 29.0 Å². The van der Waals surface area contributed by atoms with Crippen LogP contribution in [0.3, 0.4) is 0 Å². The Kier molecular flexibility index (Phi) is 6.44. The number of ether oxygens (including phenoxy) is 2. The maximum atomic E-state index is 11.9. The van der Waals surface area contributed by atoms with Gasteiger partial charge in [-0.3, -0.25) is 9.59 Å². The Hall–Kier alpha value is -1.63. The molecular weight excluding hydrogens is 266 g/mol. The summed E-state index contributed by atoms with van der Waals surface area (Å²) in [4.78, 5) is 34.5. The fourth-order valence-corrected chi connectivity index (χ4v) is 2.06. The number of rotatable bonds is 7. The number of amides is 1. The molecule has 114 valence electrons. The molecule has 3 atom stereocenters. The van der Waals surface area contributed by atoms with Gasteiger partial charge in [-0.2, -0.15) is 0 Å². The molecule has 1 fully saturated rings. The predicted octanol–water partition coefficient (Wildman–Crippen LogP) is 0.182. The van der Waals surface area contributed by atoms with Crippen LogP contribution in [0, 0.1) is 11.8 Å². The fraction of sp³-hybridized carbons (Fsp3) is 0.769. The first kappa shape index (κ1) is 16.4. The number of carbonyl (C=O) groups excluding carboxylic acids is 2. The first-order valence-electron chi connectivity index (χ1n) is 6.72. The number of carbonyl (C=O) groups is 3. The zero-order valence-corrected chi connectivity index (χ0v) is 11.8. The van der Waals surface area contributed by atoms with Gasteiger partial charge in [0.1, 0.15) is 6.04 Å². The molecule has 1 saturated heterocycles. The van der Waals surface area contributed by atoms with Gasteiger partial charge in [-0.15, -0.1) is 0 Å². The largest absolute Gasteiger partial charge is 0.480 e. The molecule has 1 aliphatic heterocycles. The summed E-state index contributed by atoms with van der Waals surface area (Å²) < 4.78 is 9.88. The van der Waals surface area contributed by atoms with E-state index in [1.165, 1.54) is 0 Å². The van der Waals surface area contributed by atoms with E-state index in [2.05, 4.69) is 5.32 Å². The summed E-state index contributed by atoms with van der Waals surface area (Å²) in [6.07, 6.45) is 0.538. The van der Waals surface area contributed by atoms with Crippen LogP contribution in [0.15, 0.2) is 0 Å². The lowest BCUT2D eigenvalue weighted by atomic mass is 9.97. The Bertz CT molecular complexity index is 364. The van der Waals surface area contributed by atoms with Gasteiger partial charge in [0, 0.05) is 6.61 Å². The summed E-state index contributed by atoms with van der Waals surface area (Å²) in [6, 6.07) is -1.10. The Morgan fingerprint density at radius 3 is 2.65 bits per heavy atom. The Labute approximate surface area is 117 Å². The third-order valence-electron chi connectivity index (χ3n) is 3.23. The summed E-state index contributed by atoms with van der Waals surface area (Å²) in [5.74, 6) is -2.83. The van der Waals surface area contributed by atoms with Gasteiger partial charge in [0.05, 0.1) is 25.6 Å². The normalized spacial score (nSPS) is 21.0. The monoisotopic (exact) mass is 287 g/mol. The van der Waals surface area contributed by atoms with Crippen LogP contribution in [-0.4, -0.2) is 48.8 Å².